The fraction of sp³-hybridized carbons (Fsp3) is 0.588. The van der Waals surface area contributed by atoms with Gasteiger partial charge in [0.15, 0.2) is 0 Å². The van der Waals surface area contributed by atoms with Crippen LogP contribution in [-0.2, 0) is 20.6 Å². The molecule has 128 valence electrons. The summed E-state index contributed by atoms with van der Waals surface area (Å²) in [6, 6.07) is 8.36. The van der Waals surface area contributed by atoms with Crippen molar-refractivity contribution in [3.63, 3.8) is 0 Å². The van der Waals surface area contributed by atoms with Gasteiger partial charge in [0.1, 0.15) is 6.04 Å². The standard InChI is InChI=1S/C17H26N2O3S/c1-14(2)12-16(17(20)19-10-6-7-11-19)18-23(21,22)13-15-8-4-3-5-9-15/h3-5,8-9,14,16,18H,6-7,10-13H2,1-2H3/t16-/m1/s1. The van der Waals surface area contributed by atoms with Crippen LogP contribution < -0.4 is 4.72 Å². The predicted octanol–water partition coefficient (Wildman–Crippen LogP) is 2.14. The SMILES string of the molecule is CC(C)C[C@@H](NS(=O)(=O)Cc1ccccc1)C(=O)N1CCCC1. The van der Waals surface area contributed by atoms with Crippen LogP contribution in [0, 0.1) is 5.92 Å². The lowest BCUT2D eigenvalue weighted by atomic mass is 10.0. The average Bonchev–Trinajstić information content (AvgIpc) is 2.99. The number of nitrogens with zero attached hydrogens (tertiary/aromatic N) is 1. The number of rotatable bonds is 7. The molecule has 1 heterocycles. The van der Waals surface area contributed by atoms with Crippen molar-refractivity contribution in [2.45, 2.75) is 44.9 Å². The topological polar surface area (TPSA) is 66.5 Å². The first-order valence-corrected chi connectivity index (χ1v) is 9.85. The zero-order valence-corrected chi connectivity index (χ0v) is 14.7. The molecule has 1 fully saturated rings. The number of carbonyl (C=O) groups excluding carboxylic acids is 1. The summed E-state index contributed by atoms with van der Waals surface area (Å²) >= 11 is 0. The third kappa shape index (κ3) is 5.62. The fourth-order valence-electron chi connectivity index (χ4n) is 2.88. The molecule has 1 atom stereocenters. The number of hydrogen-bond acceptors (Lipinski definition) is 3. The van der Waals surface area contributed by atoms with Crippen LogP contribution in [0.4, 0.5) is 0 Å². The van der Waals surface area contributed by atoms with Gasteiger partial charge >= 0.3 is 0 Å². The Hall–Kier alpha value is -1.40. The number of nitrogens with one attached hydrogen (secondary N) is 1. The Morgan fingerprint density at radius 1 is 1.17 bits per heavy atom. The average molecular weight is 338 g/mol. The highest BCUT2D eigenvalue weighted by Crippen LogP contribution is 2.15. The number of hydrogen-bond donors (Lipinski definition) is 1. The molecule has 1 aromatic rings. The van der Waals surface area contributed by atoms with Crippen molar-refractivity contribution in [2.75, 3.05) is 13.1 Å². The van der Waals surface area contributed by atoms with Crippen LogP contribution in [-0.4, -0.2) is 38.4 Å². The summed E-state index contributed by atoms with van der Waals surface area (Å²) in [6.45, 7) is 5.45. The van der Waals surface area contributed by atoms with E-state index in [-0.39, 0.29) is 17.6 Å². The van der Waals surface area contributed by atoms with Crippen LogP contribution in [0.1, 0.15) is 38.7 Å². The molecule has 0 radical (unpaired) electrons. The first kappa shape index (κ1) is 17.9. The molecule has 1 amide bonds. The summed E-state index contributed by atoms with van der Waals surface area (Å²) < 4.78 is 27.5. The van der Waals surface area contributed by atoms with E-state index in [1.165, 1.54) is 0 Å². The summed E-state index contributed by atoms with van der Waals surface area (Å²) in [7, 11) is -3.55. The van der Waals surface area contributed by atoms with E-state index in [0.29, 0.717) is 6.42 Å². The molecule has 1 N–H and O–H groups in total. The van der Waals surface area contributed by atoms with Gasteiger partial charge in [0.25, 0.3) is 0 Å². The molecule has 0 saturated carbocycles. The van der Waals surface area contributed by atoms with Crippen molar-refractivity contribution in [1.29, 1.82) is 0 Å². The second kappa shape index (κ2) is 7.93. The molecule has 1 aliphatic rings. The lowest BCUT2D eigenvalue weighted by molar-refractivity contribution is -0.132. The fourth-order valence-corrected chi connectivity index (χ4v) is 4.23. The van der Waals surface area contributed by atoms with Crippen molar-refractivity contribution in [2.24, 2.45) is 5.92 Å². The Bertz CT molecular complexity index is 608. The van der Waals surface area contributed by atoms with Crippen LogP contribution >= 0.6 is 0 Å². The first-order chi connectivity index (χ1) is 10.9. The Balaban J connectivity index is 2.07. The Kier molecular flexibility index (Phi) is 6.18. The van der Waals surface area contributed by atoms with Gasteiger partial charge in [-0.05, 0) is 30.7 Å². The number of carbonyl (C=O) groups is 1. The monoisotopic (exact) mass is 338 g/mol. The van der Waals surface area contributed by atoms with Crippen LogP contribution in [0.25, 0.3) is 0 Å². The number of sulfonamides is 1. The largest absolute Gasteiger partial charge is 0.341 e. The third-order valence-corrected chi connectivity index (χ3v) is 5.30. The van der Waals surface area contributed by atoms with Gasteiger partial charge in [-0.15, -0.1) is 0 Å². The molecule has 1 aromatic carbocycles. The summed E-state index contributed by atoms with van der Waals surface area (Å²) in [5.74, 6) is 0.0502. The lowest BCUT2D eigenvalue weighted by Crippen LogP contribution is -2.48. The third-order valence-electron chi connectivity index (χ3n) is 3.94. The summed E-state index contributed by atoms with van der Waals surface area (Å²) in [6.07, 6.45) is 2.51. The van der Waals surface area contributed by atoms with E-state index in [0.717, 1.165) is 31.5 Å². The molecule has 0 spiro atoms. The molecular weight excluding hydrogens is 312 g/mol. The second-order valence-corrected chi connectivity index (χ2v) is 8.33. The molecule has 23 heavy (non-hydrogen) atoms. The van der Waals surface area contributed by atoms with Crippen molar-refractivity contribution in [1.82, 2.24) is 9.62 Å². The van der Waals surface area contributed by atoms with Crippen LogP contribution in [0.2, 0.25) is 0 Å². The minimum Gasteiger partial charge on any atom is -0.341 e. The zero-order chi connectivity index (χ0) is 16.9. The van der Waals surface area contributed by atoms with E-state index in [9.17, 15) is 13.2 Å². The molecule has 1 saturated heterocycles. The Labute approximate surface area is 139 Å². The number of likely N-dealkylation sites (tertiary alicyclic amines) is 1. The molecule has 1 aliphatic heterocycles. The molecule has 0 unspecified atom stereocenters. The highest BCUT2D eigenvalue weighted by molar-refractivity contribution is 7.88. The molecule has 0 aliphatic carbocycles. The van der Waals surface area contributed by atoms with E-state index >= 15 is 0 Å². The highest BCUT2D eigenvalue weighted by Gasteiger charge is 2.30. The van der Waals surface area contributed by atoms with Crippen LogP contribution in [0.3, 0.4) is 0 Å². The van der Waals surface area contributed by atoms with Gasteiger partial charge in [0, 0.05) is 13.1 Å². The van der Waals surface area contributed by atoms with E-state index in [1.54, 1.807) is 17.0 Å². The Morgan fingerprint density at radius 3 is 2.35 bits per heavy atom. The smallest absolute Gasteiger partial charge is 0.240 e. The van der Waals surface area contributed by atoms with Gasteiger partial charge in [0.2, 0.25) is 15.9 Å². The van der Waals surface area contributed by atoms with Crippen LogP contribution in [0.5, 0.6) is 0 Å². The predicted molar refractivity (Wildman–Crippen MR) is 91.3 cm³/mol. The normalized spacial score (nSPS) is 16.7. The number of amides is 1. The first-order valence-electron chi connectivity index (χ1n) is 8.20. The maximum Gasteiger partial charge on any atom is 0.240 e. The molecule has 0 bridgehead atoms. The maximum atomic E-state index is 12.6. The van der Waals surface area contributed by atoms with Gasteiger partial charge in [-0.3, -0.25) is 4.79 Å². The van der Waals surface area contributed by atoms with Gasteiger partial charge in [-0.2, -0.15) is 0 Å². The Morgan fingerprint density at radius 2 is 1.78 bits per heavy atom. The van der Waals surface area contributed by atoms with E-state index < -0.39 is 16.1 Å². The molecule has 0 aromatic heterocycles. The molecular formula is C17H26N2O3S. The van der Waals surface area contributed by atoms with Crippen molar-refractivity contribution < 1.29 is 13.2 Å². The second-order valence-electron chi connectivity index (χ2n) is 6.58. The number of benzene rings is 1. The van der Waals surface area contributed by atoms with E-state index in [2.05, 4.69) is 4.72 Å². The highest BCUT2D eigenvalue weighted by atomic mass is 32.2. The summed E-state index contributed by atoms with van der Waals surface area (Å²) in [4.78, 5) is 14.4. The lowest BCUT2D eigenvalue weighted by Gasteiger charge is -2.25. The zero-order valence-electron chi connectivity index (χ0n) is 13.9. The minimum atomic E-state index is -3.55. The summed E-state index contributed by atoms with van der Waals surface area (Å²) in [5.41, 5.74) is 0.719. The molecule has 2 rings (SSSR count). The van der Waals surface area contributed by atoms with Gasteiger partial charge in [0.05, 0.1) is 5.75 Å². The molecule has 5 nitrogen and oxygen atoms in total. The van der Waals surface area contributed by atoms with Crippen LogP contribution in [0.15, 0.2) is 30.3 Å². The summed E-state index contributed by atoms with van der Waals surface area (Å²) in [5, 5.41) is 0. The van der Waals surface area contributed by atoms with Crippen molar-refractivity contribution in [3.8, 4) is 0 Å². The maximum absolute atomic E-state index is 12.6. The van der Waals surface area contributed by atoms with E-state index in [4.69, 9.17) is 0 Å². The van der Waals surface area contributed by atoms with Gasteiger partial charge in [-0.1, -0.05) is 44.2 Å². The van der Waals surface area contributed by atoms with Gasteiger partial charge in [-0.25, -0.2) is 13.1 Å². The van der Waals surface area contributed by atoms with E-state index in [1.807, 2.05) is 32.0 Å². The van der Waals surface area contributed by atoms with Crippen molar-refractivity contribution >= 4 is 15.9 Å². The minimum absolute atomic E-state index is 0.0900. The molecule has 6 heteroatoms. The van der Waals surface area contributed by atoms with Crippen molar-refractivity contribution in [3.05, 3.63) is 35.9 Å². The van der Waals surface area contributed by atoms with Gasteiger partial charge < -0.3 is 4.90 Å². The quantitative estimate of drug-likeness (QED) is 0.828.